The summed E-state index contributed by atoms with van der Waals surface area (Å²) in [5.74, 6) is -0.142. The average Bonchev–Trinajstić information content (AvgIpc) is 2.94. The molecule has 0 aliphatic heterocycles. The van der Waals surface area contributed by atoms with Crippen molar-refractivity contribution in [2.75, 3.05) is 6.54 Å². The van der Waals surface area contributed by atoms with E-state index in [0.717, 1.165) is 22.9 Å². The summed E-state index contributed by atoms with van der Waals surface area (Å²) in [6, 6.07) is 7.74. The molecule has 1 heterocycles. The Morgan fingerprint density at radius 1 is 1.35 bits per heavy atom. The van der Waals surface area contributed by atoms with Crippen molar-refractivity contribution >= 4 is 28.8 Å². The Morgan fingerprint density at radius 2 is 2.10 bits per heavy atom. The van der Waals surface area contributed by atoms with Gasteiger partial charge in [0.1, 0.15) is 10.7 Å². The van der Waals surface area contributed by atoms with Gasteiger partial charge >= 0.3 is 0 Å². The summed E-state index contributed by atoms with van der Waals surface area (Å²) in [7, 11) is 0. The zero-order valence-corrected chi connectivity index (χ0v) is 12.5. The van der Waals surface area contributed by atoms with E-state index >= 15 is 0 Å². The maximum absolute atomic E-state index is 11.8. The summed E-state index contributed by atoms with van der Waals surface area (Å²) in [5.41, 5.74) is 7.12. The Morgan fingerprint density at radius 3 is 2.75 bits per heavy atom. The number of carbonyl (C=O) groups is 1. The van der Waals surface area contributed by atoms with Crippen molar-refractivity contribution in [3.63, 3.8) is 0 Å². The second kappa shape index (κ2) is 7.38. The molecule has 0 bridgehead atoms. The summed E-state index contributed by atoms with van der Waals surface area (Å²) in [6.45, 7) is 0.992. The van der Waals surface area contributed by atoms with Gasteiger partial charge in [0.25, 0.3) is 5.91 Å². The number of hydrogen-bond donors (Lipinski definition) is 2. The Labute approximate surface area is 127 Å². The van der Waals surface area contributed by atoms with Crippen LogP contribution >= 0.6 is 22.9 Å². The Balaban J connectivity index is 1.72. The molecule has 6 heteroatoms. The van der Waals surface area contributed by atoms with E-state index in [1.807, 2.05) is 24.3 Å². The third-order valence-corrected chi connectivity index (χ3v) is 3.92. The van der Waals surface area contributed by atoms with Gasteiger partial charge in [-0.25, -0.2) is 4.98 Å². The van der Waals surface area contributed by atoms with Crippen molar-refractivity contribution in [3.05, 3.63) is 50.9 Å². The molecule has 0 saturated carbocycles. The second-order valence-electron chi connectivity index (χ2n) is 4.32. The minimum Gasteiger partial charge on any atom is -0.351 e. The quantitative estimate of drug-likeness (QED) is 0.806. The number of nitrogens with one attached hydrogen (secondary N) is 1. The summed E-state index contributed by atoms with van der Waals surface area (Å²) in [6.07, 6.45) is 1.78. The van der Waals surface area contributed by atoms with Gasteiger partial charge < -0.3 is 11.1 Å². The third-order valence-electron chi connectivity index (χ3n) is 2.80. The molecule has 0 unspecified atom stereocenters. The van der Waals surface area contributed by atoms with E-state index in [2.05, 4.69) is 10.3 Å². The molecule has 0 aliphatic rings. The molecule has 2 rings (SSSR count). The molecule has 20 heavy (non-hydrogen) atoms. The number of halogens is 1. The lowest BCUT2D eigenvalue weighted by atomic mass is 10.1. The van der Waals surface area contributed by atoms with Gasteiger partial charge in [0.05, 0.1) is 0 Å². The normalized spacial score (nSPS) is 10.5. The van der Waals surface area contributed by atoms with Crippen molar-refractivity contribution in [2.24, 2.45) is 5.73 Å². The maximum Gasteiger partial charge on any atom is 0.270 e. The molecule has 0 radical (unpaired) electrons. The van der Waals surface area contributed by atoms with Gasteiger partial charge in [-0.15, -0.1) is 11.3 Å². The molecule has 106 valence electrons. The topological polar surface area (TPSA) is 68.0 Å². The largest absolute Gasteiger partial charge is 0.351 e. The third kappa shape index (κ3) is 4.30. The van der Waals surface area contributed by atoms with Crippen LogP contribution in [0.2, 0.25) is 5.02 Å². The highest BCUT2D eigenvalue weighted by Crippen LogP contribution is 2.11. The molecule has 0 aliphatic carbocycles. The SMILES string of the molecule is NCc1nc(C(=O)NCCCc2ccc(Cl)cc2)cs1. The molecule has 0 spiro atoms. The van der Waals surface area contributed by atoms with Gasteiger partial charge in [-0.3, -0.25) is 4.79 Å². The summed E-state index contributed by atoms with van der Waals surface area (Å²) in [5, 5.41) is 6.10. The Kier molecular flexibility index (Phi) is 5.52. The minimum atomic E-state index is -0.142. The first-order valence-corrected chi connectivity index (χ1v) is 7.62. The van der Waals surface area contributed by atoms with Crippen LogP contribution in [0.5, 0.6) is 0 Å². The number of amides is 1. The highest BCUT2D eigenvalue weighted by Gasteiger charge is 2.09. The first kappa shape index (κ1) is 15.0. The highest BCUT2D eigenvalue weighted by atomic mass is 35.5. The molecular weight excluding hydrogens is 294 g/mol. The monoisotopic (exact) mass is 309 g/mol. The van der Waals surface area contributed by atoms with Crippen molar-refractivity contribution in [1.29, 1.82) is 0 Å². The van der Waals surface area contributed by atoms with E-state index in [4.69, 9.17) is 17.3 Å². The molecule has 3 N–H and O–H groups in total. The van der Waals surface area contributed by atoms with E-state index in [1.54, 1.807) is 5.38 Å². The van der Waals surface area contributed by atoms with E-state index in [-0.39, 0.29) is 5.91 Å². The van der Waals surface area contributed by atoms with Crippen molar-refractivity contribution < 1.29 is 4.79 Å². The lowest BCUT2D eigenvalue weighted by molar-refractivity contribution is 0.0949. The maximum atomic E-state index is 11.8. The van der Waals surface area contributed by atoms with Crippen LogP contribution in [0.1, 0.15) is 27.5 Å². The number of hydrogen-bond acceptors (Lipinski definition) is 4. The van der Waals surface area contributed by atoms with Gasteiger partial charge in [0.2, 0.25) is 0 Å². The lowest BCUT2D eigenvalue weighted by Gasteiger charge is -2.04. The number of rotatable bonds is 6. The fraction of sp³-hybridized carbons (Fsp3) is 0.286. The highest BCUT2D eigenvalue weighted by molar-refractivity contribution is 7.09. The van der Waals surface area contributed by atoms with E-state index in [1.165, 1.54) is 16.9 Å². The summed E-state index contributed by atoms with van der Waals surface area (Å²) < 4.78 is 0. The molecular formula is C14H16ClN3OS. The second-order valence-corrected chi connectivity index (χ2v) is 5.70. The fourth-order valence-electron chi connectivity index (χ4n) is 1.74. The summed E-state index contributed by atoms with van der Waals surface area (Å²) in [4.78, 5) is 15.9. The number of carbonyl (C=O) groups excluding carboxylic acids is 1. The van der Waals surface area contributed by atoms with Gasteiger partial charge in [0, 0.05) is 23.5 Å². The smallest absolute Gasteiger partial charge is 0.270 e. The fourth-order valence-corrected chi connectivity index (χ4v) is 2.53. The van der Waals surface area contributed by atoms with Crippen LogP contribution < -0.4 is 11.1 Å². The zero-order valence-electron chi connectivity index (χ0n) is 10.9. The number of aromatic nitrogens is 1. The Bertz CT molecular complexity index is 568. The van der Waals surface area contributed by atoms with Gasteiger partial charge in [0.15, 0.2) is 0 Å². The first-order chi connectivity index (χ1) is 9.69. The molecule has 1 aromatic heterocycles. The molecule has 0 saturated heterocycles. The van der Waals surface area contributed by atoms with Crippen molar-refractivity contribution in [2.45, 2.75) is 19.4 Å². The van der Waals surface area contributed by atoms with Crippen LogP contribution in [0.15, 0.2) is 29.6 Å². The summed E-state index contributed by atoms with van der Waals surface area (Å²) >= 11 is 7.23. The molecule has 2 aromatic rings. The van der Waals surface area contributed by atoms with Gasteiger partial charge in [-0.2, -0.15) is 0 Å². The van der Waals surface area contributed by atoms with E-state index < -0.39 is 0 Å². The molecule has 4 nitrogen and oxygen atoms in total. The molecule has 0 atom stereocenters. The predicted octanol–water partition coefficient (Wildman–Crippen LogP) is 2.62. The number of aryl methyl sites for hydroxylation is 1. The van der Waals surface area contributed by atoms with Crippen LogP contribution in [0.4, 0.5) is 0 Å². The average molecular weight is 310 g/mol. The van der Waals surface area contributed by atoms with Gasteiger partial charge in [-0.05, 0) is 30.5 Å². The molecule has 1 aromatic carbocycles. The van der Waals surface area contributed by atoms with E-state index in [0.29, 0.717) is 18.8 Å². The van der Waals surface area contributed by atoms with E-state index in [9.17, 15) is 4.79 Å². The number of nitrogens with zero attached hydrogens (tertiary/aromatic N) is 1. The lowest BCUT2D eigenvalue weighted by Crippen LogP contribution is -2.25. The van der Waals surface area contributed by atoms with Crippen LogP contribution in [0.3, 0.4) is 0 Å². The predicted molar refractivity (Wildman–Crippen MR) is 82.1 cm³/mol. The zero-order chi connectivity index (χ0) is 14.4. The van der Waals surface area contributed by atoms with Crippen molar-refractivity contribution in [3.8, 4) is 0 Å². The number of benzene rings is 1. The van der Waals surface area contributed by atoms with Crippen LogP contribution in [-0.4, -0.2) is 17.4 Å². The van der Waals surface area contributed by atoms with Gasteiger partial charge in [-0.1, -0.05) is 23.7 Å². The standard InChI is InChI=1S/C14H16ClN3OS/c15-11-5-3-10(4-6-11)2-1-7-17-14(19)12-9-20-13(8-16)18-12/h3-6,9H,1-2,7-8,16H2,(H,17,19). The molecule has 1 amide bonds. The van der Waals surface area contributed by atoms with Crippen LogP contribution in [0, 0.1) is 0 Å². The molecule has 0 fully saturated rings. The van der Waals surface area contributed by atoms with Crippen LogP contribution in [-0.2, 0) is 13.0 Å². The minimum absolute atomic E-state index is 0.142. The Hall–Kier alpha value is -1.43. The first-order valence-electron chi connectivity index (χ1n) is 6.36. The van der Waals surface area contributed by atoms with Crippen LogP contribution in [0.25, 0.3) is 0 Å². The van der Waals surface area contributed by atoms with Crippen molar-refractivity contribution in [1.82, 2.24) is 10.3 Å². The number of thiazole rings is 1. The number of nitrogens with two attached hydrogens (primary N) is 1.